The van der Waals surface area contributed by atoms with E-state index in [1.54, 1.807) is 17.6 Å². The standard InChI is InChI=1S/C18H24N2OS/c1-12-2-3-16(22-12)11-19-20-17(21)10-18-7-13-4-14(8-18)6-15(5-13)9-18/h2-3,11,13-15H,4-10H2,1H3,(H,20,21)/b19-11-. The molecule has 0 radical (unpaired) electrons. The second kappa shape index (κ2) is 5.48. The number of nitrogens with one attached hydrogen (secondary N) is 1. The Balaban J connectivity index is 1.35. The van der Waals surface area contributed by atoms with Crippen molar-refractivity contribution in [2.75, 3.05) is 0 Å². The molecule has 1 N–H and O–H groups in total. The maximum Gasteiger partial charge on any atom is 0.240 e. The first kappa shape index (κ1) is 14.4. The van der Waals surface area contributed by atoms with Gasteiger partial charge < -0.3 is 0 Å². The zero-order valence-corrected chi connectivity index (χ0v) is 14.0. The number of hydrogen-bond donors (Lipinski definition) is 1. The van der Waals surface area contributed by atoms with Crippen LogP contribution in [0.1, 0.15) is 54.7 Å². The maximum atomic E-state index is 12.3. The van der Waals surface area contributed by atoms with Crippen molar-refractivity contribution in [3.05, 3.63) is 21.9 Å². The van der Waals surface area contributed by atoms with Crippen molar-refractivity contribution < 1.29 is 4.79 Å². The summed E-state index contributed by atoms with van der Waals surface area (Å²) >= 11 is 1.69. The zero-order valence-electron chi connectivity index (χ0n) is 13.2. The first-order chi connectivity index (χ1) is 10.6. The molecular weight excluding hydrogens is 292 g/mol. The van der Waals surface area contributed by atoms with E-state index in [0.717, 1.165) is 22.6 Å². The number of carbonyl (C=O) groups excluding carboxylic acids is 1. The monoisotopic (exact) mass is 316 g/mol. The van der Waals surface area contributed by atoms with Crippen LogP contribution in [0.2, 0.25) is 0 Å². The Bertz CT molecular complexity index is 569. The van der Waals surface area contributed by atoms with Crippen molar-refractivity contribution >= 4 is 23.5 Å². The number of aryl methyl sites for hydroxylation is 1. The number of nitrogens with zero attached hydrogens (tertiary/aromatic N) is 1. The third-order valence-electron chi connectivity index (χ3n) is 5.84. The minimum atomic E-state index is 0.103. The van der Waals surface area contributed by atoms with Gasteiger partial charge in [0.25, 0.3) is 0 Å². The first-order valence-corrected chi connectivity index (χ1v) is 9.30. The molecule has 1 amide bonds. The van der Waals surface area contributed by atoms with E-state index in [1.165, 1.54) is 43.4 Å². The molecule has 1 heterocycles. The van der Waals surface area contributed by atoms with Crippen molar-refractivity contribution in [3.63, 3.8) is 0 Å². The molecule has 118 valence electrons. The van der Waals surface area contributed by atoms with Crippen molar-refractivity contribution in [3.8, 4) is 0 Å². The van der Waals surface area contributed by atoms with Gasteiger partial charge in [-0.3, -0.25) is 4.79 Å². The Morgan fingerprint density at radius 1 is 1.27 bits per heavy atom. The van der Waals surface area contributed by atoms with E-state index in [-0.39, 0.29) is 5.91 Å². The fraction of sp³-hybridized carbons (Fsp3) is 0.667. The van der Waals surface area contributed by atoms with Gasteiger partial charge in [-0.15, -0.1) is 11.3 Å². The summed E-state index contributed by atoms with van der Waals surface area (Å²) < 4.78 is 0. The number of amides is 1. The fourth-order valence-corrected chi connectivity index (χ4v) is 6.33. The van der Waals surface area contributed by atoms with Crippen LogP contribution in [-0.4, -0.2) is 12.1 Å². The van der Waals surface area contributed by atoms with Crippen molar-refractivity contribution in [2.45, 2.75) is 51.9 Å². The number of rotatable bonds is 4. The summed E-state index contributed by atoms with van der Waals surface area (Å²) in [5, 5.41) is 4.14. The van der Waals surface area contributed by atoms with Crippen LogP contribution in [0, 0.1) is 30.1 Å². The summed E-state index contributed by atoms with van der Waals surface area (Å²) in [7, 11) is 0. The average Bonchev–Trinajstić information content (AvgIpc) is 2.82. The molecule has 0 aliphatic heterocycles. The third kappa shape index (κ3) is 2.85. The molecule has 4 aliphatic carbocycles. The first-order valence-electron chi connectivity index (χ1n) is 8.49. The number of carbonyl (C=O) groups is 1. The summed E-state index contributed by atoms with van der Waals surface area (Å²) in [6.07, 6.45) is 10.6. The highest BCUT2D eigenvalue weighted by Crippen LogP contribution is 2.61. The van der Waals surface area contributed by atoms with Gasteiger partial charge in [0.05, 0.1) is 6.21 Å². The van der Waals surface area contributed by atoms with Gasteiger partial charge in [0.15, 0.2) is 0 Å². The van der Waals surface area contributed by atoms with E-state index in [2.05, 4.69) is 23.5 Å². The molecule has 0 saturated heterocycles. The summed E-state index contributed by atoms with van der Waals surface area (Å²) in [4.78, 5) is 14.7. The number of thiophene rings is 1. The Labute approximate surface area is 136 Å². The number of hydrogen-bond acceptors (Lipinski definition) is 3. The van der Waals surface area contributed by atoms with E-state index in [0.29, 0.717) is 11.8 Å². The van der Waals surface area contributed by atoms with E-state index < -0.39 is 0 Å². The van der Waals surface area contributed by atoms with Gasteiger partial charge in [-0.2, -0.15) is 5.10 Å². The molecule has 0 atom stereocenters. The van der Waals surface area contributed by atoms with Gasteiger partial charge in [-0.1, -0.05) is 0 Å². The van der Waals surface area contributed by atoms with E-state index in [4.69, 9.17) is 0 Å². The quantitative estimate of drug-likeness (QED) is 0.659. The summed E-state index contributed by atoms with van der Waals surface area (Å²) in [6, 6.07) is 4.11. The number of hydrazone groups is 1. The lowest BCUT2D eigenvalue weighted by Crippen LogP contribution is -2.47. The Kier molecular flexibility index (Phi) is 3.60. The molecule has 1 aromatic heterocycles. The van der Waals surface area contributed by atoms with Gasteiger partial charge in [0.1, 0.15) is 0 Å². The highest BCUT2D eigenvalue weighted by molar-refractivity contribution is 7.13. The van der Waals surface area contributed by atoms with E-state index >= 15 is 0 Å². The van der Waals surface area contributed by atoms with E-state index in [1.807, 2.05) is 6.07 Å². The SMILES string of the molecule is Cc1ccc(/C=N\NC(=O)CC23CC4CC(CC(C4)C2)C3)s1. The Morgan fingerprint density at radius 3 is 2.45 bits per heavy atom. The molecule has 0 spiro atoms. The molecule has 22 heavy (non-hydrogen) atoms. The molecule has 4 saturated carbocycles. The Hall–Kier alpha value is -1.16. The smallest absolute Gasteiger partial charge is 0.240 e. The predicted molar refractivity (Wildman–Crippen MR) is 90.0 cm³/mol. The largest absolute Gasteiger partial charge is 0.273 e. The summed E-state index contributed by atoms with van der Waals surface area (Å²) in [5.74, 6) is 2.80. The lowest BCUT2D eigenvalue weighted by molar-refractivity contribution is -0.129. The van der Waals surface area contributed by atoms with E-state index in [9.17, 15) is 4.79 Å². The summed E-state index contributed by atoms with van der Waals surface area (Å²) in [6.45, 7) is 2.08. The van der Waals surface area contributed by atoms with Gasteiger partial charge >= 0.3 is 0 Å². The second-order valence-corrected chi connectivity index (χ2v) is 9.16. The van der Waals surface area contributed by atoms with Crippen LogP contribution in [0.15, 0.2) is 17.2 Å². The van der Waals surface area contributed by atoms with Crippen molar-refractivity contribution in [2.24, 2.45) is 28.3 Å². The van der Waals surface area contributed by atoms with Crippen LogP contribution >= 0.6 is 11.3 Å². The maximum absolute atomic E-state index is 12.3. The topological polar surface area (TPSA) is 41.5 Å². The second-order valence-electron chi connectivity index (χ2n) is 7.84. The van der Waals surface area contributed by atoms with Gasteiger partial charge in [0, 0.05) is 16.2 Å². The molecule has 0 unspecified atom stereocenters. The highest BCUT2D eigenvalue weighted by Gasteiger charge is 2.51. The molecular formula is C18H24N2OS. The minimum Gasteiger partial charge on any atom is -0.273 e. The molecule has 4 fully saturated rings. The highest BCUT2D eigenvalue weighted by atomic mass is 32.1. The van der Waals surface area contributed by atoms with Gasteiger partial charge in [-0.05, 0) is 80.8 Å². The lowest BCUT2D eigenvalue weighted by atomic mass is 9.49. The van der Waals surface area contributed by atoms with Crippen LogP contribution in [0.5, 0.6) is 0 Å². The average molecular weight is 316 g/mol. The van der Waals surface area contributed by atoms with Crippen molar-refractivity contribution in [1.29, 1.82) is 0 Å². The molecule has 4 heteroatoms. The molecule has 3 nitrogen and oxygen atoms in total. The molecule has 0 aromatic carbocycles. The fourth-order valence-electron chi connectivity index (χ4n) is 5.58. The minimum absolute atomic E-state index is 0.103. The van der Waals surface area contributed by atoms with Crippen LogP contribution < -0.4 is 5.43 Å². The van der Waals surface area contributed by atoms with Gasteiger partial charge in [0.2, 0.25) is 5.91 Å². The lowest BCUT2D eigenvalue weighted by Gasteiger charge is -2.56. The normalized spacial score (nSPS) is 36.1. The molecule has 4 bridgehead atoms. The van der Waals surface area contributed by atoms with Crippen LogP contribution in [0.25, 0.3) is 0 Å². The third-order valence-corrected chi connectivity index (χ3v) is 6.78. The predicted octanol–water partition coefficient (Wildman–Crippen LogP) is 4.11. The van der Waals surface area contributed by atoms with Crippen LogP contribution in [0.4, 0.5) is 0 Å². The van der Waals surface area contributed by atoms with Crippen molar-refractivity contribution in [1.82, 2.24) is 5.43 Å². The zero-order chi connectivity index (χ0) is 15.2. The Morgan fingerprint density at radius 2 is 1.91 bits per heavy atom. The van der Waals surface area contributed by atoms with Gasteiger partial charge in [-0.25, -0.2) is 5.43 Å². The molecule has 1 aromatic rings. The molecule has 4 aliphatic rings. The molecule has 5 rings (SSSR count). The van der Waals surface area contributed by atoms with Crippen LogP contribution in [-0.2, 0) is 4.79 Å². The van der Waals surface area contributed by atoms with Crippen LogP contribution in [0.3, 0.4) is 0 Å². The summed E-state index contributed by atoms with van der Waals surface area (Å²) in [5.41, 5.74) is 3.05.